The van der Waals surface area contributed by atoms with Gasteiger partial charge in [-0.3, -0.25) is 0 Å². The van der Waals surface area contributed by atoms with Crippen LogP contribution in [-0.4, -0.2) is 13.1 Å². The number of hydrogen-bond acceptors (Lipinski definition) is 1. The molecule has 2 fully saturated rings. The van der Waals surface area contributed by atoms with Gasteiger partial charge in [-0.2, -0.15) is 0 Å². The third-order valence-electron chi connectivity index (χ3n) is 3.73. The zero-order valence-electron chi connectivity index (χ0n) is 8.09. The van der Waals surface area contributed by atoms with Gasteiger partial charge in [-0.1, -0.05) is 12.1 Å². The zero-order valence-corrected chi connectivity index (χ0v) is 8.09. The minimum Gasteiger partial charge on any atom is -0.316 e. The fourth-order valence-corrected chi connectivity index (χ4v) is 2.66. The van der Waals surface area contributed by atoms with E-state index in [1.165, 1.54) is 18.4 Å². The molecule has 1 saturated heterocycles. The second-order valence-electron chi connectivity index (χ2n) is 4.60. The Hall–Kier alpha value is -0.890. The lowest BCUT2D eigenvalue weighted by Crippen LogP contribution is -2.11. The van der Waals surface area contributed by atoms with E-state index in [1.807, 2.05) is 12.1 Å². The van der Waals surface area contributed by atoms with Crippen molar-refractivity contribution >= 4 is 0 Å². The van der Waals surface area contributed by atoms with Gasteiger partial charge in [0.2, 0.25) is 0 Å². The lowest BCUT2D eigenvalue weighted by atomic mass is 9.86. The predicted molar refractivity (Wildman–Crippen MR) is 53.7 cm³/mol. The Morgan fingerprint density at radius 1 is 1.21 bits per heavy atom. The summed E-state index contributed by atoms with van der Waals surface area (Å²) >= 11 is 0. The quantitative estimate of drug-likeness (QED) is 0.718. The molecule has 1 aliphatic heterocycles. The van der Waals surface area contributed by atoms with Crippen LogP contribution in [0.15, 0.2) is 24.3 Å². The Labute approximate surface area is 83.3 Å². The maximum atomic E-state index is 12.8. The highest BCUT2D eigenvalue weighted by atomic mass is 19.1. The van der Waals surface area contributed by atoms with Gasteiger partial charge in [0, 0.05) is 19.0 Å². The van der Waals surface area contributed by atoms with E-state index in [9.17, 15) is 4.39 Å². The van der Waals surface area contributed by atoms with Crippen LogP contribution < -0.4 is 5.32 Å². The van der Waals surface area contributed by atoms with E-state index >= 15 is 0 Å². The highest BCUT2D eigenvalue weighted by Crippen LogP contribution is 2.57. The van der Waals surface area contributed by atoms with Crippen LogP contribution in [0.5, 0.6) is 0 Å². The van der Waals surface area contributed by atoms with Gasteiger partial charge in [-0.25, -0.2) is 4.39 Å². The van der Waals surface area contributed by atoms with E-state index in [0.717, 1.165) is 13.1 Å². The zero-order chi connectivity index (χ0) is 9.60. The van der Waals surface area contributed by atoms with E-state index in [4.69, 9.17) is 0 Å². The van der Waals surface area contributed by atoms with Gasteiger partial charge in [-0.15, -0.1) is 0 Å². The minimum absolute atomic E-state index is 0.135. The number of nitrogens with one attached hydrogen (secondary N) is 1. The summed E-state index contributed by atoms with van der Waals surface area (Å²) in [6.45, 7) is 2.21. The fraction of sp³-hybridized carbons (Fsp3) is 0.500. The average molecular weight is 191 g/mol. The van der Waals surface area contributed by atoms with Gasteiger partial charge in [0.1, 0.15) is 5.82 Å². The molecule has 2 aliphatic rings. The van der Waals surface area contributed by atoms with Crippen molar-refractivity contribution in [2.45, 2.75) is 18.8 Å². The van der Waals surface area contributed by atoms with E-state index in [2.05, 4.69) is 5.32 Å². The first-order valence-corrected chi connectivity index (χ1v) is 5.26. The molecule has 1 spiro atoms. The highest BCUT2D eigenvalue weighted by molar-refractivity contribution is 5.28. The third-order valence-corrected chi connectivity index (χ3v) is 3.73. The number of rotatable bonds is 1. The molecule has 1 aromatic rings. The lowest BCUT2D eigenvalue weighted by Gasteiger charge is -2.17. The van der Waals surface area contributed by atoms with Gasteiger partial charge in [-0.05, 0) is 36.0 Å². The summed E-state index contributed by atoms with van der Waals surface area (Å²) in [4.78, 5) is 0. The molecule has 0 bridgehead atoms. The van der Waals surface area contributed by atoms with Crippen molar-refractivity contribution in [2.24, 2.45) is 5.41 Å². The topological polar surface area (TPSA) is 12.0 Å². The maximum absolute atomic E-state index is 12.8. The molecule has 1 aliphatic carbocycles. The summed E-state index contributed by atoms with van der Waals surface area (Å²) in [6.07, 6.45) is 2.67. The molecule has 1 aromatic carbocycles. The van der Waals surface area contributed by atoms with Crippen molar-refractivity contribution in [3.05, 3.63) is 35.6 Å². The molecule has 1 unspecified atom stereocenters. The summed E-state index contributed by atoms with van der Waals surface area (Å²) < 4.78 is 12.8. The summed E-state index contributed by atoms with van der Waals surface area (Å²) in [5.41, 5.74) is 1.83. The normalized spacial score (nSPS) is 28.2. The molecule has 1 saturated carbocycles. The summed E-state index contributed by atoms with van der Waals surface area (Å²) in [5, 5.41) is 3.44. The molecule has 14 heavy (non-hydrogen) atoms. The van der Waals surface area contributed by atoms with Crippen molar-refractivity contribution in [3.63, 3.8) is 0 Å². The predicted octanol–water partition coefficient (Wildman–Crippen LogP) is 2.29. The van der Waals surface area contributed by atoms with Crippen LogP contribution in [0.4, 0.5) is 4.39 Å². The van der Waals surface area contributed by atoms with Gasteiger partial charge < -0.3 is 5.32 Å². The summed E-state index contributed by atoms with van der Waals surface area (Å²) in [6, 6.07) is 7.02. The van der Waals surface area contributed by atoms with Crippen LogP contribution in [0, 0.1) is 11.2 Å². The molecule has 0 radical (unpaired) electrons. The van der Waals surface area contributed by atoms with Crippen LogP contribution in [0.1, 0.15) is 24.3 Å². The molecule has 0 amide bonds. The average Bonchev–Trinajstić information content (AvgIpc) is 2.82. The molecule has 1 heterocycles. The molecule has 1 nitrogen and oxygen atoms in total. The van der Waals surface area contributed by atoms with E-state index < -0.39 is 0 Å². The Bertz CT molecular complexity index is 340. The fourth-order valence-electron chi connectivity index (χ4n) is 2.66. The highest BCUT2D eigenvalue weighted by Gasteiger charge is 2.52. The Morgan fingerprint density at radius 3 is 2.57 bits per heavy atom. The van der Waals surface area contributed by atoms with E-state index in [1.54, 1.807) is 12.1 Å². The monoisotopic (exact) mass is 191 g/mol. The lowest BCUT2D eigenvalue weighted by molar-refractivity contribution is 0.501. The first-order valence-electron chi connectivity index (χ1n) is 5.26. The van der Waals surface area contributed by atoms with Crippen LogP contribution in [0.25, 0.3) is 0 Å². The summed E-state index contributed by atoms with van der Waals surface area (Å²) in [5.74, 6) is 0.479. The summed E-state index contributed by atoms with van der Waals surface area (Å²) in [7, 11) is 0. The van der Waals surface area contributed by atoms with Crippen LogP contribution in [0.3, 0.4) is 0 Å². The second-order valence-corrected chi connectivity index (χ2v) is 4.60. The molecule has 74 valence electrons. The first-order chi connectivity index (χ1) is 6.80. The Kier molecular flexibility index (Phi) is 1.68. The van der Waals surface area contributed by atoms with Crippen molar-refractivity contribution in [1.82, 2.24) is 5.32 Å². The number of hydrogen-bond donors (Lipinski definition) is 1. The number of halogens is 1. The van der Waals surface area contributed by atoms with Crippen molar-refractivity contribution in [3.8, 4) is 0 Å². The molecular formula is C12H14FN. The van der Waals surface area contributed by atoms with Gasteiger partial charge in [0.05, 0.1) is 0 Å². The molecule has 3 rings (SSSR count). The van der Waals surface area contributed by atoms with Gasteiger partial charge in [0.25, 0.3) is 0 Å². The van der Waals surface area contributed by atoms with Gasteiger partial charge in [0.15, 0.2) is 0 Å². The second kappa shape index (κ2) is 2.80. The van der Waals surface area contributed by atoms with E-state index in [0.29, 0.717) is 11.3 Å². The minimum atomic E-state index is -0.135. The Morgan fingerprint density at radius 2 is 1.93 bits per heavy atom. The van der Waals surface area contributed by atoms with Crippen molar-refractivity contribution < 1.29 is 4.39 Å². The number of benzene rings is 1. The first kappa shape index (κ1) is 8.42. The van der Waals surface area contributed by atoms with Crippen LogP contribution in [-0.2, 0) is 0 Å². The van der Waals surface area contributed by atoms with Gasteiger partial charge >= 0.3 is 0 Å². The van der Waals surface area contributed by atoms with Crippen molar-refractivity contribution in [1.29, 1.82) is 0 Å². The largest absolute Gasteiger partial charge is 0.316 e. The van der Waals surface area contributed by atoms with Crippen LogP contribution >= 0.6 is 0 Å². The SMILES string of the molecule is Fc1ccc(C2CNCC23CC3)cc1. The maximum Gasteiger partial charge on any atom is 0.123 e. The van der Waals surface area contributed by atoms with Crippen molar-refractivity contribution in [2.75, 3.05) is 13.1 Å². The molecule has 1 atom stereocenters. The molecule has 2 heteroatoms. The van der Waals surface area contributed by atoms with Crippen LogP contribution in [0.2, 0.25) is 0 Å². The molecule has 0 aromatic heterocycles. The van der Waals surface area contributed by atoms with E-state index in [-0.39, 0.29) is 5.82 Å². The standard InChI is InChI=1S/C12H14FN/c13-10-3-1-9(2-4-10)11-7-14-8-12(11)5-6-12/h1-4,11,14H,5-8H2. The Balaban J connectivity index is 1.91. The molecular weight excluding hydrogens is 177 g/mol. The molecule has 1 N–H and O–H groups in total. The smallest absolute Gasteiger partial charge is 0.123 e. The third kappa shape index (κ3) is 1.17.